The number of nitrogens with one attached hydrogen (secondary N) is 2. The summed E-state index contributed by atoms with van der Waals surface area (Å²) < 4.78 is 0. The first-order valence-electron chi connectivity index (χ1n) is 6.91. The average Bonchev–Trinajstić information content (AvgIpc) is 2.39. The maximum absolute atomic E-state index is 12.0. The summed E-state index contributed by atoms with van der Waals surface area (Å²) in [5.41, 5.74) is 1.38. The third-order valence-corrected chi connectivity index (χ3v) is 3.40. The van der Waals surface area contributed by atoms with Crippen LogP contribution >= 0.6 is 0 Å². The maximum atomic E-state index is 12.0. The predicted molar refractivity (Wildman–Crippen MR) is 79.0 cm³/mol. The number of carbonyl (C=O) groups excluding carboxylic acids is 2. The van der Waals surface area contributed by atoms with Crippen molar-refractivity contribution in [3.05, 3.63) is 29.8 Å². The van der Waals surface area contributed by atoms with Crippen LogP contribution in [0.25, 0.3) is 0 Å². The first-order valence-corrected chi connectivity index (χ1v) is 6.91. The van der Waals surface area contributed by atoms with E-state index in [4.69, 9.17) is 0 Å². The van der Waals surface area contributed by atoms with Crippen molar-refractivity contribution in [1.82, 2.24) is 10.2 Å². The molecule has 0 radical (unpaired) electrons. The van der Waals surface area contributed by atoms with Crippen molar-refractivity contribution in [2.45, 2.75) is 19.9 Å². The van der Waals surface area contributed by atoms with Crippen LogP contribution in [0.1, 0.15) is 24.2 Å². The minimum Gasteiger partial charge on any atom is -0.325 e. The van der Waals surface area contributed by atoms with Gasteiger partial charge in [-0.1, -0.05) is 0 Å². The van der Waals surface area contributed by atoms with E-state index in [0.29, 0.717) is 18.2 Å². The summed E-state index contributed by atoms with van der Waals surface area (Å²) >= 11 is 0. The smallest absolute Gasteiger partial charge is 0.238 e. The Labute approximate surface area is 119 Å². The van der Waals surface area contributed by atoms with Crippen molar-refractivity contribution >= 4 is 17.4 Å². The molecule has 0 aliphatic carbocycles. The number of anilines is 1. The van der Waals surface area contributed by atoms with Gasteiger partial charge in [-0.15, -0.1) is 0 Å². The molecule has 108 valence electrons. The quantitative estimate of drug-likeness (QED) is 0.808. The lowest BCUT2D eigenvalue weighted by Gasteiger charge is -2.31. The van der Waals surface area contributed by atoms with E-state index in [1.54, 1.807) is 24.3 Å². The lowest BCUT2D eigenvalue weighted by Crippen LogP contribution is -2.51. The molecule has 5 nitrogen and oxygen atoms in total. The van der Waals surface area contributed by atoms with Crippen LogP contribution in [0.4, 0.5) is 5.69 Å². The molecule has 1 heterocycles. The van der Waals surface area contributed by atoms with Gasteiger partial charge in [0.25, 0.3) is 0 Å². The highest BCUT2D eigenvalue weighted by Gasteiger charge is 2.17. The fourth-order valence-electron chi connectivity index (χ4n) is 2.35. The standard InChI is InChI=1S/C15H21N3O2/c1-11-9-18(8-7-16-11)10-15(20)17-14-5-3-13(4-6-14)12(2)19/h3-6,11,16H,7-10H2,1-2H3,(H,17,20). The van der Waals surface area contributed by atoms with Crippen molar-refractivity contribution in [2.75, 3.05) is 31.5 Å². The molecule has 1 aromatic rings. The minimum absolute atomic E-state index is 0.0188. The van der Waals surface area contributed by atoms with E-state index in [2.05, 4.69) is 22.5 Å². The van der Waals surface area contributed by atoms with Gasteiger partial charge in [0.1, 0.15) is 0 Å². The van der Waals surface area contributed by atoms with Crippen molar-refractivity contribution in [1.29, 1.82) is 0 Å². The second-order valence-corrected chi connectivity index (χ2v) is 5.27. The van der Waals surface area contributed by atoms with Gasteiger partial charge in [-0.3, -0.25) is 14.5 Å². The van der Waals surface area contributed by atoms with Gasteiger partial charge in [0.05, 0.1) is 6.54 Å². The van der Waals surface area contributed by atoms with Crippen molar-refractivity contribution < 1.29 is 9.59 Å². The summed E-state index contributed by atoms with van der Waals surface area (Å²) in [5.74, 6) is 0.00681. The highest BCUT2D eigenvalue weighted by atomic mass is 16.2. The van der Waals surface area contributed by atoms with Crippen LogP contribution in [0, 0.1) is 0 Å². The van der Waals surface area contributed by atoms with E-state index in [-0.39, 0.29) is 11.7 Å². The molecule has 1 unspecified atom stereocenters. The fraction of sp³-hybridized carbons (Fsp3) is 0.467. The summed E-state index contributed by atoms with van der Waals surface area (Å²) in [4.78, 5) is 25.3. The number of rotatable bonds is 4. The van der Waals surface area contributed by atoms with E-state index in [0.717, 1.165) is 25.3 Å². The molecule has 0 bridgehead atoms. The van der Waals surface area contributed by atoms with Crippen LogP contribution in [0.3, 0.4) is 0 Å². The molecule has 0 saturated carbocycles. The molecule has 1 fully saturated rings. The molecule has 1 atom stereocenters. The molecule has 1 amide bonds. The Morgan fingerprint density at radius 1 is 1.35 bits per heavy atom. The highest BCUT2D eigenvalue weighted by molar-refractivity contribution is 5.96. The summed E-state index contributed by atoms with van der Waals surface area (Å²) in [6.07, 6.45) is 0. The van der Waals surface area contributed by atoms with Gasteiger partial charge in [0.15, 0.2) is 5.78 Å². The van der Waals surface area contributed by atoms with Crippen molar-refractivity contribution in [3.8, 4) is 0 Å². The van der Waals surface area contributed by atoms with Gasteiger partial charge in [-0.25, -0.2) is 0 Å². The summed E-state index contributed by atoms with van der Waals surface area (Å²) in [5, 5.41) is 6.20. The normalized spacial score (nSPS) is 19.6. The zero-order valence-electron chi connectivity index (χ0n) is 12.0. The average molecular weight is 275 g/mol. The third-order valence-electron chi connectivity index (χ3n) is 3.40. The Morgan fingerprint density at radius 3 is 2.65 bits per heavy atom. The number of hydrogen-bond donors (Lipinski definition) is 2. The second kappa shape index (κ2) is 6.63. The molecule has 2 N–H and O–H groups in total. The topological polar surface area (TPSA) is 61.4 Å². The fourth-order valence-corrected chi connectivity index (χ4v) is 2.35. The lowest BCUT2D eigenvalue weighted by molar-refractivity contribution is -0.117. The maximum Gasteiger partial charge on any atom is 0.238 e. The summed E-state index contributed by atoms with van der Waals surface area (Å²) in [7, 11) is 0. The molecule has 0 aromatic heterocycles. The number of amides is 1. The van der Waals surface area contributed by atoms with Crippen LogP contribution in [0.15, 0.2) is 24.3 Å². The number of ketones is 1. The molecule has 1 saturated heterocycles. The zero-order valence-corrected chi connectivity index (χ0v) is 12.0. The van der Waals surface area contributed by atoms with E-state index < -0.39 is 0 Å². The SMILES string of the molecule is CC(=O)c1ccc(NC(=O)CN2CCNC(C)C2)cc1. The molecule has 1 aliphatic heterocycles. The Hall–Kier alpha value is -1.72. The molecular formula is C15H21N3O2. The van der Waals surface area contributed by atoms with E-state index in [9.17, 15) is 9.59 Å². The van der Waals surface area contributed by atoms with Gasteiger partial charge in [0, 0.05) is 36.9 Å². The second-order valence-electron chi connectivity index (χ2n) is 5.27. The largest absolute Gasteiger partial charge is 0.325 e. The number of nitrogens with zero attached hydrogens (tertiary/aromatic N) is 1. The number of benzene rings is 1. The van der Waals surface area contributed by atoms with Crippen LogP contribution in [0.5, 0.6) is 0 Å². The summed E-state index contributed by atoms with van der Waals surface area (Å²) in [6, 6.07) is 7.39. The monoisotopic (exact) mass is 275 g/mol. The number of Topliss-reactive ketones (excluding diaryl/α,β-unsaturated/α-hetero) is 1. The van der Waals surface area contributed by atoms with Crippen LogP contribution in [0.2, 0.25) is 0 Å². The van der Waals surface area contributed by atoms with Gasteiger partial charge in [0.2, 0.25) is 5.91 Å². The Bertz CT molecular complexity index is 484. The molecule has 1 aliphatic rings. The first kappa shape index (κ1) is 14.7. The Kier molecular flexibility index (Phi) is 4.87. The molecule has 20 heavy (non-hydrogen) atoms. The number of hydrogen-bond acceptors (Lipinski definition) is 4. The van der Waals surface area contributed by atoms with Gasteiger partial charge < -0.3 is 10.6 Å². The first-order chi connectivity index (χ1) is 9.54. The van der Waals surface area contributed by atoms with Crippen molar-refractivity contribution in [2.24, 2.45) is 0 Å². The van der Waals surface area contributed by atoms with Crippen LogP contribution < -0.4 is 10.6 Å². The van der Waals surface area contributed by atoms with E-state index in [1.165, 1.54) is 6.92 Å². The number of carbonyl (C=O) groups is 2. The molecular weight excluding hydrogens is 254 g/mol. The molecule has 2 rings (SSSR count). The molecule has 0 spiro atoms. The Balaban J connectivity index is 1.86. The zero-order chi connectivity index (χ0) is 14.5. The minimum atomic E-state index is -0.0188. The summed E-state index contributed by atoms with van der Waals surface area (Å²) in [6.45, 7) is 6.74. The number of piperazine rings is 1. The highest BCUT2D eigenvalue weighted by Crippen LogP contribution is 2.10. The van der Waals surface area contributed by atoms with Crippen LogP contribution in [-0.4, -0.2) is 48.8 Å². The lowest BCUT2D eigenvalue weighted by atomic mass is 10.1. The predicted octanol–water partition coefficient (Wildman–Crippen LogP) is 1.12. The van der Waals surface area contributed by atoms with Gasteiger partial charge in [-0.05, 0) is 38.1 Å². The molecule has 1 aromatic carbocycles. The van der Waals surface area contributed by atoms with Crippen LogP contribution in [-0.2, 0) is 4.79 Å². The molecule has 5 heteroatoms. The third kappa shape index (κ3) is 4.15. The van der Waals surface area contributed by atoms with Gasteiger partial charge >= 0.3 is 0 Å². The van der Waals surface area contributed by atoms with E-state index >= 15 is 0 Å². The van der Waals surface area contributed by atoms with Gasteiger partial charge in [-0.2, -0.15) is 0 Å². The Morgan fingerprint density at radius 2 is 2.05 bits per heavy atom. The van der Waals surface area contributed by atoms with Crippen molar-refractivity contribution in [3.63, 3.8) is 0 Å². The van der Waals surface area contributed by atoms with E-state index in [1.807, 2.05) is 0 Å².